The molecule has 3 heterocycles. The van der Waals surface area contributed by atoms with Crippen molar-refractivity contribution in [2.45, 2.75) is 16.1 Å². The highest BCUT2D eigenvalue weighted by Gasteiger charge is 2.17. The molecule has 0 N–H and O–H groups in total. The second-order valence-corrected chi connectivity index (χ2v) is 6.61. The monoisotopic (exact) mass is 306 g/mol. The molecule has 0 aliphatic rings. The van der Waals surface area contributed by atoms with Gasteiger partial charge in [-0.25, -0.2) is 0 Å². The van der Waals surface area contributed by atoms with E-state index in [-0.39, 0.29) is 4.58 Å². The van der Waals surface area contributed by atoms with E-state index >= 15 is 0 Å². The van der Waals surface area contributed by atoms with Gasteiger partial charge in [0.05, 0.1) is 30.3 Å². The Bertz CT molecular complexity index is 547. The Morgan fingerprint density at radius 3 is 1.75 bits per heavy atom. The maximum absolute atomic E-state index is 5.53. The van der Waals surface area contributed by atoms with Gasteiger partial charge in [-0.15, -0.1) is 23.5 Å². The van der Waals surface area contributed by atoms with E-state index < -0.39 is 0 Å². The third kappa shape index (κ3) is 3.55. The van der Waals surface area contributed by atoms with E-state index in [4.69, 9.17) is 13.3 Å². The molecule has 0 fully saturated rings. The highest BCUT2D eigenvalue weighted by Crippen LogP contribution is 2.42. The third-order valence-electron chi connectivity index (χ3n) is 2.69. The van der Waals surface area contributed by atoms with Gasteiger partial charge in [-0.3, -0.25) is 0 Å². The number of hydrogen-bond donors (Lipinski definition) is 0. The van der Waals surface area contributed by atoms with Crippen LogP contribution in [0.2, 0.25) is 0 Å². The molecule has 20 heavy (non-hydrogen) atoms. The second kappa shape index (κ2) is 6.81. The van der Waals surface area contributed by atoms with Crippen molar-refractivity contribution in [1.29, 1.82) is 0 Å². The lowest BCUT2D eigenvalue weighted by Gasteiger charge is -2.12. The molecule has 3 aromatic heterocycles. The quantitative estimate of drug-likeness (QED) is 0.552. The minimum Gasteiger partial charge on any atom is -0.468 e. The molecule has 3 rings (SSSR count). The van der Waals surface area contributed by atoms with Crippen molar-refractivity contribution in [3.05, 3.63) is 72.5 Å². The normalized spacial score (nSPS) is 11.2. The van der Waals surface area contributed by atoms with Crippen molar-refractivity contribution >= 4 is 23.5 Å². The molecule has 0 bridgehead atoms. The fraction of sp³-hybridized carbons (Fsp3) is 0.200. The fourth-order valence-electron chi connectivity index (χ4n) is 1.74. The molecule has 0 unspecified atom stereocenters. The molecule has 0 atom stereocenters. The first-order chi connectivity index (χ1) is 9.92. The first-order valence-electron chi connectivity index (χ1n) is 6.23. The van der Waals surface area contributed by atoms with Gasteiger partial charge in [0, 0.05) is 0 Å². The van der Waals surface area contributed by atoms with Crippen molar-refractivity contribution in [3.8, 4) is 0 Å². The molecule has 0 amide bonds. The summed E-state index contributed by atoms with van der Waals surface area (Å²) in [6, 6.07) is 11.7. The zero-order valence-corrected chi connectivity index (χ0v) is 12.4. The van der Waals surface area contributed by atoms with Gasteiger partial charge in [-0.1, -0.05) is 0 Å². The minimum absolute atomic E-state index is 0.222. The second-order valence-electron chi connectivity index (χ2n) is 4.13. The first kappa shape index (κ1) is 13.5. The smallest absolute Gasteiger partial charge is 0.126 e. The van der Waals surface area contributed by atoms with Crippen LogP contribution in [0.3, 0.4) is 0 Å². The molecular formula is C15H14O3S2. The van der Waals surface area contributed by atoms with E-state index in [1.54, 1.807) is 42.3 Å². The van der Waals surface area contributed by atoms with E-state index in [0.717, 1.165) is 28.8 Å². The standard InChI is InChI=1S/C15H14O3S2/c1-4-12(16-7-1)10-19-15(14-6-3-9-18-14)20-11-13-5-2-8-17-13/h1-9,15H,10-11H2. The Hall–Kier alpha value is -1.46. The number of furan rings is 3. The zero-order valence-electron chi connectivity index (χ0n) is 10.7. The lowest BCUT2D eigenvalue weighted by Crippen LogP contribution is -1.89. The number of thioether (sulfide) groups is 2. The molecule has 0 saturated heterocycles. The minimum atomic E-state index is 0.222. The largest absolute Gasteiger partial charge is 0.468 e. The van der Waals surface area contributed by atoms with Crippen molar-refractivity contribution in [2.75, 3.05) is 0 Å². The van der Waals surface area contributed by atoms with Crippen molar-refractivity contribution < 1.29 is 13.3 Å². The molecule has 0 aliphatic heterocycles. The first-order valence-corrected chi connectivity index (χ1v) is 8.33. The summed E-state index contributed by atoms with van der Waals surface area (Å²) >= 11 is 3.59. The highest BCUT2D eigenvalue weighted by molar-refractivity contribution is 8.15. The summed E-state index contributed by atoms with van der Waals surface area (Å²) in [5.74, 6) is 4.57. The van der Waals surface area contributed by atoms with Crippen LogP contribution in [0.25, 0.3) is 0 Å². The maximum Gasteiger partial charge on any atom is 0.126 e. The van der Waals surface area contributed by atoms with Gasteiger partial charge in [0.15, 0.2) is 0 Å². The molecule has 0 aromatic carbocycles. The highest BCUT2D eigenvalue weighted by atomic mass is 32.2. The average Bonchev–Trinajstić information content (AvgIpc) is 3.22. The molecule has 0 saturated carbocycles. The van der Waals surface area contributed by atoms with Gasteiger partial charge >= 0.3 is 0 Å². The predicted molar refractivity (Wildman–Crippen MR) is 81.5 cm³/mol. The lowest BCUT2D eigenvalue weighted by molar-refractivity contribution is 0.523. The van der Waals surface area contributed by atoms with Crippen LogP contribution in [-0.2, 0) is 11.5 Å². The van der Waals surface area contributed by atoms with Gasteiger partial charge in [-0.05, 0) is 36.4 Å². The van der Waals surface area contributed by atoms with E-state index in [0.29, 0.717) is 0 Å². The van der Waals surface area contributed by atoms with Crippen LogP contribution in [0.4, 0.5) is 0 Å². The Balaban J connectivity index is 1.61. The summed E-state index contributed by atoms with van der Waals surface area (Å²) in [6.07, 6.45) is 5.12. The van der Waals surface area contributed by atoms with Crippen LogP contribution >= 0.6 is 23.5 Å². The summed E-state index contributed by atoms with van der Waals surface area (Å²) in [5, 5.41) is 0. The summed E-state index contributed by atoms with van der Waals surface area (Å²) < 4.78 is 16.5. The van der Waals surface area contributed by atoms with Crippen LogP contribution in [0.5, 0.6) is 0 Å². The Labute approximate surface area is 125 Å². The van der Waals surface area contributed by atoms with Crippen LogP contribution < -0.4 is 0 Å². The molecule has 104 valence electrons. The molecule has 0 aliphatic carbocycles. The van der Waals surface area contributed by atoms with Gasteiger partial charge in [0.1, 0.15) is 21.9 Å². The van der Waals surface area contributed by atoms with Crippen LogP contribution in [0.15, 0.2) is 68.4 Å². The van der Waals surface area contributed by atoms with Crippen molar-refractivity contribution in [1.82, 2.24) is 0 Å². The molecule has 3 nitrogen and oxygen atoms in total. The number of rotatable bonds is 7. The lowest BCUT2D eigenvalue weighted by atomic mass is 10.5. The van der Waals surface area contributed by atoms with E-state index in [1.807, 2.05) is 36.4 Å². The third-order valence-corrected chi connectivity index (χ3v) is 5.48. The maximum atomic E-state index is 5.53. The molecule has 0 radical (unpaired) electrons. The van der Waals surface area contributed by atoms with Crippen molar-refractivity contribution in [3.63, 3.8) is 0 Å². The zero-order chi connectivity index (χ0) is 13.6. The van der Waals surface area contributed by atoms with E-state index in [9.17, 15) is 0 Å². The van der Waals surface area contributed by atoms with Crippen LogP contribution in [-0.4, -0.2) is 0 Å². The Kier molecular flexibility index (Phi) is 4.61. The van der Waals surface area contributed by atoms with Crippen LogP contribution in [0, 0.1) is 0 Å². The summed E-state index contributed by atoms with van der Waals surface area (Å²) in [6.45, 7) is 0. The predicted octanol–water partition coefficient (Wildman–Crippen LogP) is 5.33. The molecule has 5 heteroatoms. The van der Waals surface area contributed by atoms with E-state index in [1.165, 1.54) is 0 Å². The molecule has 3 aromatic rings. The van der Waals surface area contributed by atoms with Gasteiger partial charge in [-0.2, -0.15) is 0 Å². The fourth-order valence-corrected chi connectivity index (χ4v) is 4.09. The van der Waals surface area contributed by atoms with Gasteiger partial charge < -0.3 is 13.3 Å². The average molecular weight is 306 g/mol. The molecule has 0 spiro atoms. The van der Waals surface area contributed by atoms with Crippen LogP contribution in [0.1, 0.15) is 21.9 Å². The van der Waals surface area contributed by atoms with E-state index in [2.05, 4.69) is 0 Å². The SMILES string of the molecule is c1coc(CSC(SCc2ccco2)c2ccco2)c1. The Morgan fingerprint density at radius 2 is 1.30 bits per heavy atom. The molecular weight excluding hydrogens is 292 g/mol. The summed E-state index contributed by atoms with van der Waals surface area (Å²) in [4.78, 5) is 0. The van der Waals surface area contributed by atoms with Gasteiger partial charge in [0.25, 0.3) is 0 Å². The van der Waals surface area contributed by atoms with Gasteiger partial charge in [0.2, 0.25) is 0 Å². The summed E-state index contributed by atoms with van der Waals surface area (Å²) in [7, 11) is 0. The number of hydrogen-bond acceptors (Lipinski definition) is 5. The Morgan fingerprint density at radius 1 is 0.750 bits per heavy atom. The van der Waals surface area contributed by atoms with Crippen molar-refractivity contribution in [2.24, 2.45) is 0 Å². The summed E-state index contributed by atoms with van der Waals surface area (Å²) in [5.41, 5.74) is 0. The topological polar surface area (TPSA) is 39.4 Å².